The normalized spacial score (nSPS) is 10.0. The quantitative estimate of drug-likeness (QED) is 0.839. The van der Waals surface area contributed by atoms with Crippen LogP contribution in [0.15, 0.2) is 16.6 Å². The molecule has 0 spiro atoms. The monoisotopic (exact) mass is 341 g/mol. The molecule has 0 atom stereocenters. The van der Waals surface area contributed by atoms with Crippen molar-refractivity contribution < 1.29 is 4.74 Å². The summed E-state index contributed by atoms with van der Waals surface area (Å²) in [5, 5.41) is 0. The van der Waals surface area contributed by atoms with E-state index in [0.29, 0.717) is 6.54 Å². The van der Waals surface area contributed by atoms with Crippen LogP contribution < -0.4 is 10.5 Å². The third-order valence-electron chi connectivity index (χ3n) is 1.53. The molecule has 0 amide bonds. The summed E-state index contributed by atoms with van der Waals surface area (Å²) in [6, 6.07) is 3.88. The van der Waals surface area contributed by atoms with Crippen LogP contribution in [0.25, 0.3) is 0 Å². The van der Waals surface area contributed by atoms with Crippen LogP contribution in [0.1, 0.15) is 5.56 Å². The van der Waals surface area contributed by atoms with Gasteiger partial charge in [0.05, 0.1) is 7.11 Å². The minimum absolute atomic E-state index is 0.536. The molecule has 2 N–H and O–H groups in total. The van der Waals surface area contributed by atoms with Gasteiger partial charge in [0, 0.05) is 14.6 Å². The van der Waals surface area contributed by atoms with Gasteiger partial charge in [0.2, 0.25) is 0 Å². The summed E-state index contributed by atoms with van der Waals surface area (Å²) in [7, 11) is 1.65. The highest BCUT2D eigenvalue weighted by atomic mass is 127. The van der Waals surface area contributed by atoms with Gasteiger partial charge >= 0.3 is 0 Å². The van der Waals surface area contributed by atoms with Crippen molar-refractivity contribution in [3.8, 4) is 5.75 Å². The second-order valence-corrected chi connectivity index (χ2v) is 4.22. The summed E-state index contributed by atoms with van der Waals surface area (Å²) in [5.74, 6) is 0.836. The number of methoxy groups -OCH3 is 1. The molecule has 66 valence electrons. The molecule has 0 saturated carbocycles. The molecule has 0 heterocycles. The Morgan fingerprint density at radius 3 is 2.75 bits per heavy atom. The maximum absolute atomic E-state index is 5.56. The van der Waals surface area contributed by atoms with Crippen LogP contribution >= 0.6 is 38.5 Å². The molecule has 0 aromatic heterocycles. The van der Waals surface area contributed by atoms with Crippen LogP contribution in [-0.2, 0) is 6.54 Å². The summed E-state index contributed by atoms with van der Waals surface area (Å²) in [5.41, 5.74) is 6.66. The Morgan fingerprint density at radius 2 is 2.25 bits per heavy atom. The Kier molecular flexibility index (Phi) is 3.79. The van der Waals surface area contributed by atoms with Gasteiger partial charge in [-0.25, -0.2) is 0 Å². The van der Waals surface area contributed by atoms with Gasteiger partial charge in [-0.2, -0.15) is 0 Å². The minimum Gasteiger partial charge on any atom is -0.497 e. The van der Waals surface area contributed by atoms with Gasteiger partial charge in [-0.1, -0.05) is 0 Å². The molecule has 0 saturated heterocycles. The molecule has 1 aromatic rings. The minimum atomic E-state index is 0.536. The topological polar surface area (TPSA) is 35.2 Å². The SMILES string of the molecule is COc1cc(Br)c(I)c(CN)c1. The Hall–Kier alpha value is 0.190. The first-order chi connectivity index (χ1) is 5.69. The lowest BCUT2D eigenvalue weighted by Crippen LogP contribution is -2.00. The van der Waals surface area contributed by atoms with Crippen LogP contribution in [0.4, 0.5) is 0 Å². The van der Waals surface area contributed by atoms with Gasteiger partial charge in [0.25, 0.3) is 0 Å². The van der Waals surface area contributed by atoms with Crippen molar-refractivity contribution in [2.24, 2.45) is 5.73 Å². The van der Waals surface area contributed by atoms with E-state index in [2.05, 4.69) is 38.5 Å². The van der Waals surface area contributed by atoms with Crippen molar-refractivity contribution in [2.75, 3.05) is 7.11 Å². The fourth-order valence-electron chi connectivity index (χ4n) is 0.885. The number of halogens is 2. The lowest BCUT2D eigenvalue weighted by atomic mass is 10.2. The van der Waals surface area contributed by atoms with Crippen molar-refractivity contribution in [3.05, 3.63) is 25.7 Å². The lowest BCUT2D eigenvalue weighted by molar-refractivity contribution is 0.414. The number of rotatable bonds is 2. The fourth-order valence-corrected chi connectivity index (χ4v) is 1.90. The molecule has 0 aliphatic carbocycles. The predicted octanol–water partition coefficient (Wildman–Crippen LogP) is 2.52. The maximum atomic E-state index is 5.56. The van der Waals surface area contributed by atoms with Crippen molar-refractivity contribution in [1.29, 1.82) is 0 Å². The van der Waals surface area contributed by atoms with Crippen LogP contribution in [-0.4, -0.2) is 7.11 Å². The molecular formula is C8H9BrINO. The van der Waals surface area contributed by atoms with E-state index in [1.165, 1.54) is 0 Å². The summed E-state index contributed by atoms with van der Waals surface area (Å²) < 4.78 is 7.28. The standard InChI is InChI=1S/C8H9BrINO/c1-12-6-2-5(4-11)8(10)7(9)3-6/h2-3H,4,11H2,1H3. The molecule has 1 aromatic carbocycles. The van der Waals surface area contributed by atoms with E-state index in [4.69, 9.17) is 10.5 Å². The van der Waals surface area contributed by atoms with E-state index in [1.807, 2.05) is 12.1 Å². The van der Waals surface area contributed by atoms with E-state index >= 15 is 0 Å². The molecule has 0 radical (unpaired) electrons. The van der Waals surface area contributed by atoms with E-state index in [0.717, 1.165) is 19.4 Å². The lowest BCUT2D eigenvalue weighted by Gasteiger charge is -2.07. The first-order valence-electron chi connectivity index (χ1n) is 3.41. The van der Waals surface area contributed by atoms with Crippen molar-refractivity contribution >= 4 is 38.5 Å². The van der Waals surface area contributed by atoms with Crippen molar-refractivity contribution in [3.63, 3.8) is 0 Å². The van der Waals surface area contributed by atoms with Crippen LogP contribution in [0.3, 0.4) is 0 Å². The summed E-state index contributed by atoms with van der Waals surface area (Å²) in [4.78, 5) is 0. The highest BCUT2D eigenvalue weighted by molar-refractivity contribution is 14.1. The van der Waals surface area contributed by atoms with Gasteiger partial charge in [-0.05, 0) is 56.2 Å². The third kappa shape index (κ3) is 2.11. The molecule has 1 rings (SSSR count). The Labute approximate surface area is 93.7 Å². The smallest absolute Gasteiger partial charge is 0.120 e. The van der Waals surface area contributed by atoms with Crippen LogP contribution in [0.5, 0.6) is 5.75 Å². The second kappa shape index (κ2) is 4.43. The number of hydrogen-bond donors (Lipinski definition) is 1. The molecule has 0 bridgehead atoms. The molecular weight excluding hydrogens is 333 g/mol. The Bertz CT molecular complexity index is 291. The zero-order valence-corrected chi connectivity index (χ0v) is 10.3. The number of nitrogens with two attached hydrogens (primary N) is 1. The molecule has 0 unspecified atom stereocenters. The number of benzene rings is 1. The molecule has 12 heavy (non-hydrogen) atoms. The second-order valence-electron chi connectivity index (χ2n) is 2.29. The van der Waals surface area contributed by atoms with Gasteiger partial charge < -0.3 is 10.5 Å². The van der Waals surface area contributed by atoms with E-state index in [1.54, 1.807) is 7.11 Å². The molecule has 2 nitrogen and oxygen atoms in total. The van der Waals surface area contributed by atoms with E-state index < -0.39 is 0 Å². The largest absolute Gasteiger partial charge is 0.497 e. The number of ether oxygens (including phenoxy) is 1. The van der Waals surface area contributed by atoms with E-state index in [9.17, 15) is 0 Å². The molecule has 0 aliphatic heterocycles. The maximum Gasteiger partial charge on any atom is 0.120 e. The Balaban J connectivity index is 3.19. The highest BCUT2D eigenvalue weighted by Gasteiger charge is 2.04. The highest BCUT2D eigenvalue weighted by Crippen LogP contribution is 2.27. The summed E-state index contributed by atoms with van der Waals surface area (Å²) in [6.07, 6.45) is 0. The first kappa shape index (κ1) is 10.3. The molecule has 0 aliphatic rings. The van der Waals surface area contributed by atoms with Gasteiger partial charge in [-0.3, -0.25) is 0 Å². The average molecular weight is 342 g/mol. The average Bonchev–Trinajstić information content (AvgIpc) is 2.09. The van der Waals surface area contributed by atoms with Crippen molar-refractivity contribution in [1.82, 2.24) is 0 Å². The first-order valence-corrected chi connectivity index (χ1v) is 5.28. The van der Waals surface area contributed by atoms with Gasteiger partial charge in [0.15, 0.2) is 0 Å². The van der Waals surface area contributed by atoms with Crippen LogP contribution in [0, 0.1) is 3.57 Å². The van der Waals surface area contributed by atoms with Gasteiger partial charge in [0.1, 0.15) is 5.75 Å². The zero-order chi connectivity index (χ0) is 9.14. The third-order valence-corrected chi connectivity index (χ3v) is 4.17. The van der Waals surface area contributed by atoms with Gasteiger partial charge in [-0.15, -0.1) is 0 Å². The number of hydrogen-bond acceptors (Lipinski definition) is 2. The van der Waals surface area contributed by atoms with Crippen molar-refractivity contribution in [2.45, 2.75) is 6.54 Å². The van der Waals surface area contributed by atoms with Crippen LogP contribution in [0.2, 0.25) is 0 Å². The molecule has 0 fully saturated rings. The predicted molar refractivity (Wildman–Crippen MR) is 61.3 cm³/mol. The Morgan fingerprint density at radius 1 is 1.58 bits per heavy atom. The molecule has 4 heteroatoms. The zero-order valence-electron chi connectivity index (χ0n) is 6.60. The summed E-state index contributed by atoms with van der Waals surface area (Å²) in [6.45, 7) is 0.536. The fraction of sp³-hybridized carbons (Fsp3) is 0.250. The van der Waals surface area contributed by atoms with E-state index in [-0.39, 0.29) is 0 Å². The summed E-state index contributed by atoms with van der Waals surface area (Å²) >= 11 is 5.69.